The van der Waals surface area contributed by atoms with Gasteiger partial charge in [-0.25, -0.2) is 0 Å². The molecule has 0 bridgehead atoms. The van der Waals surface area contributed by atoms with Crippen LogP contribution in [0.4, 0.5) is 0 Å². The third-order valence-corrected chi connectivity index (χ3v) is 2.91. The minimum Gasteiger partial charge on any atom is -0.508 e. The van der Waals surface area contributed by atoms with Crippen LogP contribution in [0.5, 0.6) is 5.75 Å². The summed E-state index contributed by atoms with van der Waals surface area (Å²) in [6.45, 7) is 0.111. The van der Waals surface area contributed by atoms with Gasteiger partial charge in [-0.15, -0.1) is 0 Å². The van der Waals surface area contributed by atoms with Gasteiger partial charge in [-0.2, -0.15) is 0 Å². The molecule has 2 nitrogen and oxygen atoms in total. The zero-order chi connectivity index (χ0) is 12.1. The van der Waals surface area contributed by atoms with Gasteiger partial charge >= 0.3 is 0 Å². The average molecular weight is 228 g/mol. The molecule has 2 N–H and O–H groups in total. The maximum absolute atomic E-state index is 9.45. The summed E-state index contributed by atoms with van der Waals surface area (Å²) in [5.41, 5.74) is 2.26. The van der Waals surface area contributed by atoms with E-state index < -0.39 is 0 Å². The van der Waals surface area contributed by atoms with E-state index in [1.807, 2.05) is 30.3 Å². The molecule has 1 atom stereocenters. The molecule has 0 radical (unpaired) electrons. The molecule has 17 heavy (non-hydrogen) atoms. The van der Waals surface area contributed by atoms with E-state index in [2.05, 4.69) is 12.1 Å². The van der Waals surface area contributed by atoms with E-state index in [1.54, 1.807) is 12.1 Å². The lowest BCUT2D eigenvalue weighted by atomic mass is 9.93. The number of benzene rings is 2. The molecular formula is C15H16O2. The summed E-state index contributed by atoms with van der Waals surface area (Å²) < 4.78 is 0. The molecule has 0 aromatic heterocycles. The SMILES string of the molecule is OCC(Cc1ccccc1)c1ccc(O)cc1. The first-order valence-corrected chi connectivity index (χ1v) is 5.73. The maximum Gasteiger partial charge on any atom is 0.115 e. The van der Waals surface area contributed by atoms with Gasteiger partial charge < -0.3 is 10.2 Å². The highest BCUT2D eigenvalue weighted by Gasteiger charge is 2.11. The topological polar surface area (TPSA) is 40.5 Å². The number of aliphatic hydroxyl groups excluding tert-OH is 1. The first kappa shape index (κ1) is 11.7. The van der Waals surface area contributed by atoms with Crippen LogP contribution in [0.25, 0.3) is 0 Å². The molecule has 0 amide bonds. The van der Waals surface area contributed by atoms with Crippen LogP contribution in [0, 0.1) is 0 Å². The van der Waals surface area contributed by atoms with Gasteiger partial charge in [0.05, 0.1) is 6.61 Å². The van der Waals surface area contributed by atoms with Gasteiger partial charge in [0.25, 0.3) is 0 Å². The van der Waals surface area contributed by atoms with Crippen LogP contribution in [0.3, 0.4) is 0 Å². The Kier molecular flexibility index (Phi) is 3.78. The van der Waals surface area contributed by atoms with Crippen molar-refractivity contribution in [2.45, 2.75) is 12.3 Å². The normalized spacial score (nSPS) is 12.3. The van der Waals surface area contributed by atoms with Gasteiger partial charge in [-0.1, -0.05) is 42.5 Å². The smallest absolute Gasteiger partial charge is 0.115 e. The number of phenolic OH excluding ortho intramolecular Hbond substituents is 1. The Morgan fingerprint density at radius 1 is 0.882 bits per heavy atom. The summed E-state index contributed by atoms with van der Waals surface area (Å²) in [7, 11) is 0. The molecular weight excluding hydrogens is 212 g/mol. The number of hydrogen-bond donors (Lipinski definition) is 2. The molecule has 0 aliphatic rings. The molecule has 0 saturated carbocycles. The van der Waals surface area contributed by atoms with Crippen molar-refractivity contribution in [2.75, 3.05) is 6.61 Å². The molecule has 0 aliphatic carbocycles. The fourth-order valence-electron chi connectivity index (χ4n) is 1.93. The Morgan fingerprint density at radius 3 is 2.12 bits per heavy atom. The third-order valence-electron chi connectivity index (χ3n) is 2.91. The summed E-state index contributed by atoms with van der Waals surface area (Å²) in [5.74, 6) is 0.336. The Hall–Kier alpha value is -1.80. The van der Waals surface area contributed by atoms with Gasteiger partial charge in [0.15, 0.2) is 0 Å². The van der Waals surface area contributed by atoms with Crippen LogP contribution in [-0.4, -0.2) is 16.8 Å². The summed E-state index contributed by atoms with van der Waals surface area (Å²) in [6, 6.07) is 17.1. The number of rotatable bonds is 4. The lowest BCUT2D eigenvalue weighted by molar-refractivity contribution is 0.264. The largest absolute Gasteiger partial charge is 0.508 e. The van der Waals surface area contributed by atoms with Crippen molar-refractivity contribution in [1.29, 1.82) is 0 Å². The summed E-state index contributed by atoms with van der Waals surface area (Å²) in [5, 5.41) is 18.7. The van der Waals surface area contributed by atoms with Gasteiger partial charge in [0.2, 0.25) is 0 Å². The molecule has 0 spiro atoms. The van der Waals surface area contributed by atoms with Crippen molar-refractivity contribution in [3.63, 3.8) is 0 Å². The van der Waals surface area contributed by atoms with Crippen LogP contribution in [-0.2, 0) is 6.42 Å². The van der Waals surface area contributed by atoms with E-state index in [9.17, 15) is 10.2 Å². The van der Waals surface area contributed by atoms with Crippen LogP contribution < -0.4 is 0 Å². The first-order valence-electron chi connectivity index (χ1n) is 5.73. The Morgan fingerprint density at radius 2 is 1.53 bits per heavy atom. The van der Waals surface area contributed by atoms with Gasteiger partial charge in [0, 0.05) is 5.92 Å². The zero-order valence-electron chi connectivity index (χ0n) is 9.58. The Bertz CT molecular complexity index is 448. The predicted octanol–water partition coefficient (Wildman–Crippen LogP) is 2.71. The van der Waals surface area contributed by atoms with E-state index in [4.69, 9.17) is 0 Å². The summed E-state index contributed by atoms with van der Waals surface area (Å²) >= 11 is 0. The minimum absolute atomic E-state index is 0.0815. The molecule has 0 heterocycles. The number of phenols is 1. The van der Waals surface area contributed by atoms with Crippen LogP contribution in [0.2, 0.25) is 0 Å². The highest BCUT2D eigenvalue weighted by atomic mass is 16.3. The lowest BCUT2D eigenvalue weighted by Gasteiger charge is -2.14. The molecule has 2 aromatic carbocycles. The standard InChI is InChI=1S/C15H16O2/c16-11-14(10-12-4-2-1-3-5-12)13-6-8-15(17)9-7-13/h1-9,14,16-17H,10-11H2. The van der Waals surface area contributed by atoms with Crippen molar-refractivity contribution < 1.29 is 10.2 Å². The second-order valence-corrected chi connectivity index (χ2v) is 4.16. The lowest BCUT2D eigenvalue weighted by Crippen LogP contribution is -2.07. The van der Waals surface area contributed by atoms with Crippen LogP contribution >= 0.6 is 0 Å². The van der Waals surface area contributed by atoms with Crippen LogP contribution in [0.15, 0.2) is 54.6 Å². The highest BCUT2D eigenvalue weighted by molar-refractivity contribution is 5.30. The molecule has 0 saturated heterocycles. The quantitative estimate of drug-likeness (QED) is 0.844. The Labute approximate surface area is 101 Å². The van der Waals surface area contributed by atoms with Crippen LogP contribution in [0.1, 0.15) is 17.0 Å². The number of aliphatic hydroxyl groups is 1. The van der Waals surface area contributed by atoms with E-state index in [-0.39, 0.29) is 18.3 Å². The van der Waals surface area contributed by atoms with E-state index in [1.165, 1.54) is 5.56 Å². The average Bonchev–Trinajstić information content (AvgIpc) is 2.38. The summed E-state index contributed by atoms with van der Waals surface area (Å²) in [6.07, 6.45) is 0.808. The van der Waals surface area contributed by atoms with E-state index >= 15 is 0 Å². The zero-order valence-corrected chi connectivity index (χ0v) is 9.58. The van der Waals surface area contributed by atoms with Gasteiger partial charge in [-0.3, -0.25) is 0 Å². The van der Waals surface area contributed by atoms with Crippen molar-refractivity contribution in [2.24, 2.45) is 0 Å². The second kappa shape index (κ2) is 5.51. The van der Waals surface area contributed by atoms with E-state index in [0.717, 1.165) is 12.0 Å². The van der Waals surface area contributed by atoms with Crippen molar-refractivity contribution >= 4 is 0 Å². The fourth-order valence-corrected chi connectivity index (χ4v) is 1.93. The molecule has 88 valence electrons. The highest BCUT2D eigenvalue weighted by Crippen LogP contribution is 2.22. The minimum atomic E-state index is 0.0815. The monoisotopic (exact) mass is 228 g/mol. The van der Waals surface area contributed by atoms with E-state index in [0.29, 0.717) is 0 Å². The molecule has 0 fully saturated rings. The van der Waals surface area contributed by atoms with Crippen molar-refractivity contribution in [3.05, 3.63) is 65.7 Å². The number of aromatic hydroxyl groups is 1. The predicted molar refractivity (Wildman–Crippen MR) is 68.1 cm³/mol. The third kappa shape index (κ3) is 3.08. The maximum atomic E-state index is 9.45. The molecule has 1 unspecified atom stereocenters. The number of hydrogen-bond acceptors (Lipinski definition) is 2. The molecule has 2 heteroatoms. The summed E-state index contributed by atoms with van der Waals surface area (Å²) in [4.78, 5) is 0. The first-order chi connectivity index (χ1) is 8.29. The molecule has 2 aromatic rings. The molecule has 0 aliphatic heterocycles. The van der Waals surface area contributed by atoms with Crippen molar-refractivity contribution in [1.82, 2.24) is 0 Å². The fraction of sp³-hybridized carbons (Fsp3) is 0.200. The Balaban J connectivity index is 2.14. The molecule has 2 rings (SSSR count). The van der Waals surface area contributed by atoms with Gasteiger partial charge in [-0.05, 0) is 29.7 Å². The second-order valence-electron chi connectivity index (χ2n) is 4.16. The van der Waals surface area contributed by atoms with Gasteiger partial charge in [0.1, 0.15) is 5.75 Å². The van der Waals surface area contributed by atoms with Crippen molar-refractivity contribution in [3.8, 4) is 5.75 Å².